The summed E-state index contributed by atoms with van der Waals surface area (Å²) < 4.78 is 0. The molecular formula is C16H25NO. The van der Waals surface area contributed by atoms with E-state index in [2.05, 4.69) is 33.9 Å². The molecule has 0 radical (unpaired) electrons. The fraction of sp³-hybridized carbons (Fsp3) is 0.562. The Bertz CT molecular complexity index is 407. The lowest BCUT2D eigenvalue weighted by Gasteiger charge is -2.39. The first kappa shape index (κ1) is 14.7. The van der Waals surface area contributed by atoms with Crippen LogP contribution in [0.2, 0.25) is 0 Å². The lowest BCUT2D eigenvalue weighted by atomic mass is 9.68. The number of hydrogen-bond donors (Lipinski definition) is 0. The Balaban J connectivity index is 2.92. The van der Waals surface area contributed by atoms with Crippen molar-refractivity contribution >= 4 is 5.91 Å². The van der Waals surface area contributed by atoms with Crippen LogP contribution >= 0.6 is 0 Å². The van der Waals surface area contributed by atoms with E-state index in [9.17, 15) is 4.79 Å². The van der Waals surface area contributed by atoms with E-state index in [4.69, 9.17) is 0 Å². The molecule has 1 saturated heterocycles. The van der Waals surface area contributed by atoms with E-state index in [1.54, 1.807) is 6.08 Å². The molecule has 2 heteroatoms. The highest BCUT2D eigenvalue weighted by molar-refractivity contribution is 5.84. The van der Waals surface area contributed by atoms with Crippen molar-refractivity contribution in [3.05, 3.63) is 36.5 Å². The molecule has 1 aliphatic heterocycles. The Hall–Kier alpha value is -1.31. The molecule has 0 spiro atoms. The van der Waals surface area contributed by atoms with Crippen LogP contribution in [0.1, 0.15) is 34.6 Å². The summed E-state index contributed by atoms with van der Waals surface area (Å²) in [7, 11) is 0. The predicted molar refractivity (Wildman–Crippen MR) is 77.2 cm³/mol. The summed E-state index contributed by atoms with van der Waals surface area (Å²) in [5, 5.41) is 0. The summed E-state index contributed by atoms with van der Waals surface area (Å²) in [4.78, 5) is 14.5. The first-order chi connectivity index (χ1) is 8.11. The fourth-order valence-corrected chi connectivity index (χ4v) is 1.88. The van der Waals surface area contributed by atoms with Crippen molar-refractivity contribution in [3.8, 4) is 0 Å². The predicted octanol–water partition coefficient (Wildman–Crippen LogP) is 3.57. The van der Waals surface area contributed by atoms with Crippen LogP contribution in [-0.2, 0) is 4.79 Å². The molecule has 2 nitrogen and oxygen atoms in total. The van der Waals surface area contributed by atoms with E-state index in [1.165, 1.54) is 0 Å². The molecule has 0 aromatic heterocycles. The number of likely N-dealkylation sites (tertiary alicyclic amines) is 1. The number of carbonyl (C=O) groups is 1. The first-order valence-electron chi connectivity index (χ1n) is 6.40. The van der Waals surface area contributed by atoms with Crippen LogP contribution < -0.4 is 0 Å². The number of rotatable bonds is 2. The molecule has 1 fully saturated rings. The average molecular weight is 247 g/mol. The van der Waals surface area contributed by atoms with Gasteiger partial charge in [0.15, 0.2) is 0 Å². The maximum atomic E-state index is 12.6. The summed E-state index contributed by atoms with van der Waals surface area (Å²) in [6, 6.07) is 0. The van der Waals surface area contributed by atoms with Gasteiger partial charge in [-0.15, -0.1) is 0 Å². The molecule has 1 heterocycles. The molecule has 1 amide bonds. The Labute approximate surface area is 111 Å². The van der Waals surface area contributed by atoms with Gasteiger partial charge < -0.3 is 4.90 Å². The van der Waals surface area contributed by atoms with Crippen molar-refractivity contribution < 1.29 is 4.79 Å². The molecule has 0 saturated carbocycles. The van der Waals surface area contributed by atoms with Crippen molar-refractivity contribution in [2.24, 2.45) is 10.8 Å². The Morgan fingerprint density at radius 3 is 2.22 bits per heavy atom. The Morgan fingerprint density at radius 1 is 1.22 bits per heavy atom. The molecule has 0 aliphatic carbocycles. The third-order valence-corrected chi connectivity index (χ3v) is 4.21. The zero-order valence-electron chi connectivity index (χ0n) is 12.3. The third kappa shape index (κ3) is 2.58. The average Bonchev–Trinajstić information content (AvgIpc) is 2.58. The molecule has 1 rings (SSSR count). The number of allylic oxidation sites excluding steroid dienone is 2. The highest BCUT2D eigenvalue weighted by Crippen LogP contribution is 2.40. The van der Waals surface area contributed by atoms with Crippen LogP contribution in [0.15, 0.2) is 36.5 Å². The second kappa shape index (κ2) is 4.75. The third-order valence-electron chi connectivity index (χ3n) is 4.21. The summed E-state index contributed by atoms with van der Waals surface area (Å²) in [6.07, 6.45) is 3.70. The van der Waals surface area contributed by atoms with Crippen LogP contribution in [0.5, 0.6) is 0 Å². The zero-order chi connectivity index (χ0) is 14.1. The fourth-order valence-electron chi connectivity index (χ4n) is 1.88. The van der Waals surface area contributed by atoms with Crippen molar-refractivity contribution in [1.29, 1.82) is 0 Å². The highest BCUT2D eigenvalue weighted by atomic mass is 16.2. The van der Waals surface area contributed by atoms with E-state index >= 15 is 0 Å². The minimum absolute atomic E-state index is 0.0592. The Kier molecular flexibility index (Phi) is 3.89. The summed E-state index contributed by atoms with van der Waals surface area (Å²) in [5.41, 5.74) is 1.70. The standard InChI is InChI=1S/C16H25NO/c1-8-9-13-11-17(10-12(13)2)14(18)16(6,7)15(3,4)5/h8-9H,1-2,10-11H2,3-7H3/b13-9-. The Morgan fingerprint density at radius 2 is 1.78 bits per heavy atom. The highest BCUT2D eigenvalue weighted by Gasteiger charge is 2.43. The second-order valence-corrected chi connectivity index (χ2v) is 6.57. The van der Waals surface area contributed by atoms with Crippen molar-refractivity contribution in [2.75, 3.05) is 13.1 Å². The van der Waals surface area contributed by atoms with Crippen LogP contribution in [0.4, 0.5) is 0 Å². The largest absolute Gasteiger partial charge is 0.334 e. The normalized spacial score (nSPS) is 19.5. The van der Waals surface area contributed by atoms with Crippen LogP contribution in [-0.4, -0.2) is 23.9 Å². The van der Waals surface area contributed by atoms with Crippen LogP contribution in [0.25, 0.3) is 0 Å². The van der Waals surface area contributed by atoms with Crippen LogP contribution in [0.3, 0.4) is 0 Å². The summed E-state index contributed by atoms with van der Waals surface area (Å²) in [6.45, 7) is 19.4. The first-order valence-corrected chi connectivity index (χ1v) is 6.40. The topological polar surface area (TPSA) is 20.3 Å². The van der Waals surface area contributed by atoms with Gasteiger partial charge in [0.1, 0.15) is 0 Å². The second-order valence-electron chi connectivity index (χ2n) is 6.57. The van der Waals surface area contributed by atoms with E-state index in [0.29, 0.717) is 13.1 Å². The number of hydrogen-bond acceptors (Lipinski definition) is 1. The monoisotopic (exact) mass is 247 g/mol. The van der Waals surface area contributed by atoms with Gasteiger partial charge in [-0.2, -0.15) is 0 Å². The van der Waals surface area contributed by atoms with Gasteiger partial charge in [-0.25, -0.2) is 0 Å². The van der Waals surface area contributed by atoms with Gasteiger partial charge in [0, 0.05) is 18.5 Å². The maximum Gasteiger partial charge on any atom is 0.229 e. The lowest BCUT2D eigenvalue weighted by molar-refractivity contribution is -0.144. The smallest absolute Gasteiger partial charge is 0.229 e. The van der Waals surface area contributed by atoms with E-state index < -0.39 is 0 Å². The summed E-state index contributed by atoms with van der Waals surface area (Å²) in [5.74, 6) is 0.198. The van der Waals surface area contributed by atoms with E-state index in [1.807, 2.05) is 24.8 Å². The molecule has 100 valence electrons. The van der Waals surface area contributed by atoms with Gasteiger partial charge in [-0.05, 0) is 16.6 Å². The number of nitrogens with zero attached hydrogens (tertiary/aromatic N) is 1. The van der Waals surface area contributed by atoms with Crippen molar-refractivity contribution in [1.82, 2.24) is 4.90 Å². The lowest BCUT2D eigenvalue weighted by Crippen LogP contribution is -2.46. The van der Waals surface area contributed by atoms with E-state index in [-0.39, 0.29) is 16.7 Å². The number of carbonyl (C=O) groups excluding carboxylic acids is 1. The molecule has 0 bridgehead atoms. The minimum atomic E-state index is -0.378. The minimum Gasteiger partial charge on any atom is -0.334 e. The molecule has 0 aromatic rings. The molecule has 0 unspecified atom stereocenters. The van der Waals surface area contributed by atoms with Crippen molar-refractivity contribution in [2.45, 2.75) is 34.6 Å². The molecule has 0 aromatic carbocycles. The molecule has 0 atom stereocenters. The number of amides is 1. The maximum absolute atomic E-state index is 12.6. The SMILES string of the molecule is C=C/C=C1/CN(C(=O)C(C)(C)C(C)(C)C)CC1=C. The molecule has 1 aliphatic rings. The summed E-state index contributed by atoms with van der Waals surface area (Å²) >= 11 is 0. The molecule has 18 heavy (non-hydrogen) atoms. The van der Waals surface area contributed by atoms with Gasteiger partial charge in [-0.3, -0.25) is 4.79 Å². The van der Waals surface area contributed by atoms with Crippen LogP contribution in [0, 0.1) is 10.8 Å². The van der Waals surface area contributed by atoms with Crippen molar-refractivity contribution in [3.63, 3.8) is 0 Å². The molecular weight excluding hydrogens is 222 g/mol. The zero-order valence-corrected chi connectivity index (χ0v) is 12.3. The van der Waals surface area contributed by atoms with E-state index in [0.717, 1.165) is 11.1 Å². The van der Waals surface area contributed by atoms with Gasteiger partial charge >= 0.3 is 0 Å². The van der Waals surface area contributed by atoms with Gasteiger partial charge in [0.25, 0.3) is 0 Å². The van der Waals surface area contributed by atoms with Gasteiger partial charge in [-0.1, -0.05) is 59.9 Å². The molecule has 0 N–H and O–H groups in total. The van der Waals surface area contributed by atoms with Gasteiger partial charge in [0.05, 0.1) is 0 Å². The van der Waals surface area contributed by atoms with Gasteiger partial charge in [0.2, 0.25) is 5.91 Å². The quantitative estimate of drug-likeness (QED) is 0.730.